The maximum Gasteiger partial charge on any atom is 0.234 e. The van der Waals surface area contributed by atoms with E-state index < -0.39 is 0 Å². The molecule has 7 rings (SSSR count). The Labute approximate surface area is 216 Å². The summed E-state index contributed by atoms with van der Waals surface area (Å²) in [5.74, 6) is 1.10. The van der Waals surface area contributed by atoms with Crippen molar-refractivity contribution in [2.24, 2.45) is 5.73 Å². The highest BCUT2D eigenvalue weighted by molar-refractivity contribution is 6.00. The van der Waals surface area contributed by atoms with Gasteiger partial charge in [-0.15, -0.1) is 0 Å². The van der Waals surface area contributed by atoms with Gasteiger partial charge in [0.2, 0.25) is 5.91 Å². The number of amides is 1. The molecule has 3 aliphatic heterocycles. The van der Waals surface area contributed by atoms with E-state index in [1.54, 1.807) is 0 Å². The van der Waals surface area contributed by atoms with Gasteiger partial charge in [-0.25, -0.2) is 9.97 Å². The fraction of sp³-hybridized carbons (Fsp3) is 0.536. The van der Waals surface area contributed by atoms with Crippen molar-refractivity contribution in [3.8, 4) is 16.9 Å². The topological polar surface area (TPSA) is 122 Å². The lowest BCUT2D eigenvalue weighted by molar-refractivity contribution is -0.123. The summed E-state index contributed by atoms with van der Waals surface area (Å²) >= 11 is 0. The van der Waals surface area contributed by atoms with Crippen LogP contribution in [0.5, 0.6) is 5.75 Å². The van der Waals surface area contributed by atoms with Crippen molar-refractivity contribution in [1.82, 2.24) is 19.4 Å². The molecule has 194 valence electrons. The van der Waals surface area contributed by atoms with Crippen LogP contribution in [0.3, 0.4) is 0 Å². The van der Waals surface area contributed by atoms with Crippen LogP contribution in [0, 0.1) is 0 Å². The number of nitrogens with two attached hydrogens (primary N) is 2. The number of hydrogen-bond donors (Lipinski definition) is 2. The molecule has 0 radical (unpaired) electrons. The van der Waals surface area contributed by atoms with Crippen molar-refractivity contribution < 1.29 is 14.3 Å². The van der Waals surface area contributed by atoms with Crippen LogP contribution in [0.15, 0.2) is 36.8 Å². The lowest BCUT2D eigenvalue weighted by atomic mass is 9.84. The predicted molar refractivity (Wildman–Crippen MR) is 140 cm³/mol. The maximum absolute atomic E-state index is 11.9. The maximum atomic E-state index is 11.9. The normalized spacial score (nSPS) is 31.1. The molecule has 4 N–H and O–H groups in total. The van der Waals surface area contributed by atoms with Gasteiger partial charge in [-0.2, -0.15) is 0 Å². The molecule has 4 aliphatic rings. The highest BCUT2D eigenvalue weighted by Crippen LogP contribution is 2.45. The molecule has 1 atom stereocenters. The number of hydrogen-bond acceptors (Lipinski definition) is 7. The number of carbonyl (C=O) groups is 1. The van der Waals surface area contributed by atoms with E-state index in [4.69, 9.17) is 20.9 Å². The number of aromatic nitrogens is 3. The van der Waals surface area contributed by atoms with Crippen LogP contribution < -0.4 is 16.2 Å². The number of benzene rings is 1. The van der Waals surface area contributed by atoms with Crippen molar-refractivity contribution in [3.05, 3.63) is 36.8 Å². The van der Waals surface area contributed by atoms with Crippen molar-refractivity contribution in [1.29, 1.82) is 0 Å². The number of likely N-dealkylation sites (tertiary alicyclic amines) is 1. The van der Waals surface area contributed by atoms with E-state index in [1.807, 2.05) is 12.1 Å². The molecule has 1 amide bonds. The zero-order valence-corrected chi connectivity index (χ0v) is 21.0. The van der Waals surface area contributed by atoms with Crippen molar-refractivity contribution in [2.75, 3.05) is 18.9 Å². The van der Waals surface area contributed by atoms with Gasteiger partial charge in [-0.1, -0.05) is 12.1 Å². The van der Waals surface area contributed by atoms with Crippen LogP contribution in [0.25, 0.3) is 22.2 Å². The second kappa shape index (κ2) is 8.70. The molecular formula is C28H34N6O3. The SMILES string of the molecule is NC(=O)[C@@H]1CCCN1C1CC(n2cc(-c3cccc(OC[C@]45CC[C@@H](CC4)O5)c3)c3c(N)ncnc32)C1. The number of fused-ring (bicyclic) bond motifs is 3. The van der Waals surface area contributed by atoms with Gasteiger partial charge in [0.05, 0.1) is 17.5 Å². The fourth-order valence-electron chi connectivity index (χ4n) is 7.05. The second-order valence-electron chi connectivity index (χ2n) is 11.3. The molecule has 3 aromatic rings. The number of anilines is 1. The average Bonchev–Trinajstić information content (AvgIpc) is 3.66. The summed E-state index contributed by atoms with van der Waals surface area (Å²) in [6, 6.07) is 8.71. The third-order valence-electron chi connectivity index (χ3n) is 9.12. The van der Waals surface area contributed by atoms with Crippen LogP contribution in [-0.4, -0.2) is 62.3 Å². The van der Waals surface area contributed by atoms with Gasteiger partial charge in [0.25, 0.3) is 0 Å². The Balaban J connectivity index is 1.14. The molecule has 9 heteroatoms. The molecular weight excluding hydrogens is 468 g/mol. The largest absolute Gasteiger partial charge is 0.491 e. The molecule has 9 nitrogen and oxygen atoms in total. The summed E-state index contributed by atoms with van der Waals surface area (Å²) < 4.78 is 14.7. The van der Waals surface area contributed by atoms with Crippen LogP contribution in [0.1, 0.15) is 57.4 Å². The molecule has 3 saturated heterocycles. The minimum absolute atomic E-state index is 0.113. The van der Waals surface area contributed by atoms with Gasteiger partial charge in [0, 0.05) is 23.8 Å². The number of ether oxygens (including phenoxy) is 2. The van der Waals surface area contributed by atoms with Crippen molar-refractivity contribution >= 4 is 22.8 Å². The van der Waals surface area contributed by atoms with Crippen molar-refractivity contribution in [3.63, 3.8) is 0 Å². The lowest BCUT2D eigenvalue weighted by Crippen LogP contribution is -2.51. The summed E-state index contributed by atoms with van der Waals surface area (Å²) in [5.41, 5.74) is 14.8. The molecule has 1 aromatic carbocycles. The zero-order valence-electron chi connectivity index (χ0n) is 21.0. The van der Waals surface area contributed by atoms with E-state index in [0.717, 1.165) is 85.8 Å². The molecule has 2 aromatic heterocycles. The Morgan fingerprint density at radius 1 is 1.16 bits per heavy atom. The number of nitrogens with zero attached hydrogens (tertiary/aromatic N) is 4. The first-order chi connectivity index (χ1) is 18.0. The Morgan fingerprint density at radius 2 is 2.00 bits per heavy atom. The quantitative estimate of drug-likeness (QED) is 0.508. The number of nitrogen functional groups attached to an aromatic ring is 1. The van der Waals surface area contributed by atoms with E-state index >= 15 is 0 Å². The van der Waals surface area contributed by atoms with Gasteiger partial charge in [0.15, 0.2) is 0 Å². The summed E-state index contributed by atoms with van der Waals surface area (Å²) in [6.07, 6.45) is 12.4. The number of primary amides is 1. The molecule has 37 heavy (non-hydrogen) atoms. The Bertz CT molecular complexity index is 1340. The van der Waals surface area contributed by atoms with Gasteiger partial charge in [0.1, 0.15) is 35.7 Å². The van der Waals surface area contributed by atoms with Crippen LogP contribution in [0.4, 0.5) is 5.82 Å². The van der Waals surface area contributed by atoms with E-state index in [-0.39, 0.29) is 23.6 Å². The third kappa shape index (κ3) is 3.87. The van der Waals surface area contributed by atoms with E-state index in [1.165, 1.54) is 6.33 Å². The average molecular weight is 503 g/mol. The van der Waals surface area contributed by atoms with E-state index in [0.29, 0.717) is 24.6 Å². The standard InChI is InChI=1S/C28H34N6O3/c29-25-24-22(17-3-1-4-21(11-17)36-15-28-8-6-20(37-28)7-9-28)14-34(27(24)32-16-31-25)19-12-18(13-19)33-10-2-5-23(33)26(30)35/h1,3-4,11,14,16,18-20,23H,2,5-10,12-13,15H2,(H2,30,35)(H2,29,31,32)/t18?,19?,20-,23-,28-/m0/s1. The van der Waals surface area contributed by atoms with Gasteiger partial charge < -0.3 is 25.5 Å². The van der Waals surface area contributed by atoms with E-state index in [2.05, 4.69) is 37.8 Å². The Hall–Kier alpha value is -3.17. The molecule has 4 fully saturated rings. The summed E-state index contributed by atoms with van der Waals surface area (Å²) in [6.45, 7) is 1.53. The second-order valence-corrected chi connectivity index (χ2v) is 11.3. The van der Waals surface area contributed by atoms with Crippen molar-refractivity contribution in [2.45, 2.75) is 81.2 Å². The minimum atomic E-state index is -0.205. The van der Waals surface area contributed by atoms with Gasteiger partial charge in [-0.05, 0) is 75.6 Å². The Kier molecular flexibility index (Phi) is 5.40. The molecule has 0 spiro atoms. The highest BCUT2D eigenvalue weighted by Gasteiger charge is 2.47. The van der Waals surface area contributed by atoms with E-state index in [9.17, 15) is 4.79 Å². The molecule has 5 heterocycles. The van der Waals surface area contributed by atoms with Crippen LogP contribution in [0.2, 0.25) is 0 Å². The highest BCUT2D eigenvalue weighted by atomic mass is 16.6. The molecule has 1 saturated carbocycles. The molecule has 2 bridgehead atoms. The van der Waals surface area contributed by atoms with Crippen LogP contribution >= 0.6 is 0 Å². The molecule has 0 unspecified atom stereocenters. The smallest absolute Gasteiger partial charge is 0.234 e. The fourth-order valence-corrected chi connectivity index (χ4v) is 7.05. The summed E-state index contributed by atoms with van der Waals surface area (Å²) in [7, 11) is 0. The summed E-state index contributed by atoms with van der Waals surface area (Å²) in [5, 5.41) is 0.871. The third-order valence-corrected chi connectivity index (χ3v) is 9.12. The van der Waals surface area contributed by atoms with Crippen LogP contribution in [-0.2, 0) is 9.53 Å². The first-order valence-electron chi connectivity index (χ1n) is 13.6. The minimum Gasteiger partial charge on any atom is -0.491 e. The van der Waals surface area contributed by atoms with Gasteiger partial charge in [-0.3, -0.25) is 9.69 Å². The number of carbonyl (C=O) groups excluding carboxylic acids is 1. The first kappa shape index (κ1) is 23.0. The lowest BCUT2D eigenvalue weighted by Gasteiger charge is -2.43. The zero-order chi connectivity index (χ0) is 25.1. The Morgan fingerprint density at radius 3 is 2.76 bits per heavy atom. The summed E-state index contributed by atoms with van der Waals surface area (Å²) in [4.78, 5) is 23.1. The predicted octanol–water partition coefficient (Wildman–Crippen LogP) is 3.42. The first-order valence-corrected chi connectivity index (χ1v) is 13.6. The van der Waals surface area contributed by atoms with Gasteiger partial charge >= 0.3 is 0 Å². The monoisotopic (exact) mass is 502 g/mol. The molecule has 1 aliphatic carbocycles. The number of rotatable bonds is 7.